The minimum Gasteiger partial charge on any atom is -0.759 e. The van der Waals surface area contributed by atoms with Crippen molar-refractivity contribution < 1.29 is 213 Å². The molecule has 0 aromatic heterocycles. The van der Waals surface area contributed by atoms with E-state index >= 15 is 0 Å². The molecular formula is C8H12Na4O20S2. The van der Waals surface area contributed by atoms with Gasteiger partial charge in [0.15, 0.2) is 12.2 Å². The van der Waals surface area contributed by atoms with Crippen molar-refractivity contribution in [1.29, 1.82) is 0 Å². The molecule has 0 bridgehead atoms. The van der Waals surface area contributed by atoms with E-state index in [4.69, 9.17) is 65.7 Å². The van der Waals surface area contributed by atoms with E-state index in [-0.39, 0.29) is 118 Å². The van der Waals surface area contributed by atoms with Gasteiger partial charge in [0, 0.05) is 10.4 Å². The van der Waals surface area contributed by atoms with Gasteiger partial charge in [-0.3, -0.25) is 17.5 Å². The Balaban J connectivity index is -0.0000000445. The number of hydrogen-bond acceptors (Lipinski definition) is 16. The van der Waals surface area contributed by atoms with Crippen LogP contribution in [-0.2, 0) is 40.0 Å². The Morgan fingerprint density at radius 3 is 0.735 bits per heavy atom. The van der Waals surface area contributed by atoms with E-state index in [2.05, 4.69) is 0 Å². The number of rotatable bonds is 6. The van der Waals surface area contributed by atoms with E-state index < -0.39 is 69.1 Å². The number of aliphatic hydroxyl groups excluding tert-OH is 4. The van der Waals surface area contributed by atoms with Gasteiger partial charge in [-0.1, -0.05) is 0 Å². The van der Waals surface area contributed by atoms with Crippen LogP contribution in [0.5, 0.6) is 0 Å². The van der Waals surface area contributed by atoms with Crippen molar-refractivity contribution in [3.63, 3.8) is 0 Å². The van der Waals surface area contributed by atoms with Gasteiger partial charge in [-0.05, 0) is 0 Å². The van der Waals surface area contributed by atoms with Gasteiger partial charge in [0.1, 0.15) is 12.2 Å². The Hall–Kier alpha value is 1.46. The zero-order chi connectivity index (χ0) is 25.6. The van der Waals surface area contributed by atoms with E-state index in [1.807, 2.05) is 0 Å². The number of carboxylic acid groups (broad SMARTS) is 4. The maximum absolute atomic E-state index is 9.77. The third kappa shape index (κ3) is 54.4. The molecule has 0 fully saturated rings. The minimum atomic E-state index is -5.17. The molecule has 26 heteroatoms. The fourth-order valence-corrected chi connectivity index (χ4v) is 0.528. The normalized spacial score (nSPS) is 12.7. The van der Waals surface area contributed by atoms with Crippen LogP contribution in [-0.4, -0.2) is 114 Å². The molecular weight excluding hydrogens is 572 g/mol. The van der Waals surface area contributed by atoms with Gasteiger partial charge in [0.2, 0.25) is 0 Å². The van der Waals surface area contributed by atoms with Crippen LogP contribution >= 0.6 is 0 Å². The second-order valence-corrected chi connectivity index (χ2v) is 5.66. The summed E-state index contributed by atoms with van der Waals surface area (Å²) in [5.41, 5.74) is 0. The van der Waals surface area contributed by atoms with Crippen molar-refractivity contribution in [1.82, 2.24) is 0 Å². The Bertz CT molecular complexity index is 664. The quantitative estimate of drug-likeness (QED) is 0.0815. The molecule has 0 rings (SSSR count). The van der Waals surface area contributed by atoms with Crippen LogP contribution < -0.4 is 128 Å². The predicted octanol–water partition coefficient (Wildman–Crippen LogP) is -20.9. The van der Waals surface area contributed by atoms with Crippen LogP contribution in [0.3, 0.4) is 0 Å². The molecule has 0 aliphatic rings. The molecule has 0 radical (unpaired) electrons. The van der Waals surface area contributed by atoms with Crippen molar-refractivity contribution in [3.8, 4) is 0 Å². The number of carboxylic acids is 4. The molecule has 0 heterocycles. The first-order valence-corrected chi connectivity index (χ1v) is 8.62. The van der Waals surface area contributed by atoms with Gasteiger partial charge >= 0.3 is 141 Å². The maximum Gasteiger partial charge on any atom is 1.00 e. The summed E-state index contributed by atoms with van der Waals surface area (Å²) in [6.07, 6.45) is -9.41. The maximum atomic E-state index is 9.77. The van der Waals surface area contributed by atoms with Gasteiger partial charge < -0.3 is 59.5 Å². The molecule has 180 valence electrons. The fraction of sp³-hybridized carbons (Fsp3) is 0.500. The molecule has 0 aromatic rings. The Labute approximate surface area is 278 Å². The first-order valence-electron chi connectivity index (χ1n) is 5.89. The largest absolute Gasteiger partial charge is 1.00 e. The Morgan fingerprint density at radius 1 is 0.559 bits per heavy atom. The molecule has 4 atom stereocenters. The van der Waals surface area contributed by atoms with Crippen molar-refractivity contribution >= 4 is 44.7 Å². The summed E-state index contributed by atoms with van der Waals surface area (Å²) in [5, 5.41) is 68.3. The topological polar surface area (TPSA) is 391 Å². The van der Waals surface area contributed by atoms with E-state index in [0.717, 1.165) is 0 Å². The summed E-state index contributed by atoms with van der Waals surface area (Å²) in [7, 11) is -9.83. The molecule has 0 amide bonds. The summed E-state index contributed by atoms with van der Waals surface area (Å²) in [6, 6.07) is 0. The first-order chi connectivity index (χ1) is 12.9. The van der Waals surface area contributed by atoms with E-state index in [1.165, 1.54) is 0 Å². The van der Waals surface area contributed by atoms with Gasteiger partial charge in [-0.15, -0.1) is 0 Å². The monoisotopic (exact) mass is 584 g/mol. The molecule has 0 spiro atoms. The predicted molar refractivity (Wildman–Crippen MR) is 74.0 cm³/mol. The van der Waals surface area contributed by atoms with E-state index in [1.54, 1.807) is 0 Å². The molecule has 4 unspecified atom stereocenters. The first kappa shape index (κ1) is 55.8. The van der Waals surface area contributed by atoms with Crippen LogP contribution in [0.1, 0.15) is 0 Å². The smallest absolute Gasteiger partial charge is 0.759 e. The third-order valence-corrected chi connectivity index (χ3v) is 1.59. The number of aliphatic hydroxyl groups is 4. The zero-order valence-electron chi connectivity index (χ0n) is 17.6. The van der Waals surface area contributed by atoms with Gasteiger partial charge in [-0.2, -0.15) is 8.42 Å². The van der Waals surface area contributed by atoms with Crippen molar-refractivity contribution in [2.45, 2.75) is 24.4 Å². The molecule has 34 heavy (non-hydrogen) atoms. The standard InChI is InChI=1S/2C4H6O6.4Na.2H2O4S/c2*5-1(3(7)8)2(6)4(9)10;;;;;2*1-5(2,3)4/h2*1-2,5-6H,(H,7,8)(H,9,10);;;;;2*(H2,1,2,3,4)/q;;4*+1;;/p-4. The molecule has 0 saturated heterocycles. The molecule has 20 nitrogen and oxygen atoms in total. The SMILES string of the molecule is O=C(O)C(O)C(O)C(=O)O.O=C([O-])C(O)C(O)C(=O)[O-].O=S(=O)(O)O.O=S(=O)([O-])[O-].[Na+].[Na+].[Na+].[Na+]. The number of aliphatic carboxylic acids is 4. The molecule has 0 aromatic carbocycles. The number of hydrogen-bond donors (Lipinski definition) is 8. The van der Waals surface area contributed by atoms with E-state index in [0.29, 0.717) is 0 Å². The summed E-state index contributed by atoms with van der Waals surface area (Å²) in [4.78, 5) is 38.8. The average Bonchev–Trinajstić information content (AvgIpc) is 2.48. The van der Waals surface area contributed by atoms with Crippen molar-refractivity contribution in [2.24, 2.45) is 0 Å². The molecule has 0 aliphatic carbocycles. The van der Waals surface area contributed by atoms with Crippen LogP contribution in [0, 0.1) is 0 Å². The van der Waals surface area contributed by atoms with Crippen molar-refractivity contribution in [2.75, 3.05) is 0 Å². The van der Waals surface area contributed by atoms with Crippen LogP contribution in [0.25, 0.3) is 0 Å². The van der Waals surface area contributed by atoms with Crippen LogP contribution in [0.15, 0.2) is 0 Å². The molecule has 8 N–H and O–H groups in total. The Morgan fingerprint density at radius 2 is 0.676 bits per heavy atom. The van der Waals surface area contributed by atoms with Gasteiger partial charge in [-0.25, -0.2) is 9.59 Å². The summed E-state index contributed by atoms with van der Waals surface area (Å²) in [6.45, 7) is 0. The van der Waals surface area contributed by atoms with Gasteiger partial charge in [0.05, 0.1) is 11.9 Å². The zero-order valence-corrected chi connectivity index (χ0v) is 27.2. The average molecular weight is 584 g/mol. The summed E-state index contributed by atoms with van der Waals surface area (Å²) >= 11 is 0. The van der Waals surface area contributed by atoms with Crippen LogP contribution in [0.2, 0.25) is 0 Å². The van der Waals surface area contributed by atoms with Gasteiger partial charge in [0.25, 0.3) is 0 Å². The summed E-state index contributed by atoms with van der Waals surface area (Å²) in [5.74, 6) is -7.65. The summed E-state index contributed by atoms with van der Waals surface area (Å²) < 4.78 is 65.7. The van der Waals surface area contributed by atoms with Crippen molar-refractivity contribution in [3.05, 3.63) is 0 Å². The molecule has 0 aliphatic heterocycles. The third-order valence-electron chi connectivity index (χ3n) is 1.59. The van der Waals surface area contributed by atoms with Crippen LogP contribution in [0.4, 0.5) is 0 Å². The molecule has 0 saturated carbocycles. The second-order valence-electron chi connectivity index (χ2n) is 3.95. The Kier molecular flexibility index (Phi) is 45.2. The number of carbonyl (C=O) groups is 4. The minimum absolute atomic E-state index is 0. The second kappa shape index (κ2) is 27.5. The fourth-order valence-electron chi connectivity index (χ4n) is 0.528. The number of carbonyl (C=O) groups excluding carboxylic acids is 2. The van der Waals surface area contributed by atoms with E-state index in [9.17, 15) is 29.4 Å².